The molecule has 0 bridgehead atoms. The average molecular weight is 485 g/mol. The molecule has 2 aliphatic rings. The molecular weight excluding hydrogens is 452 g/mol. The number of methoxy groups -OCH3 is 3. The molecule has 0 fully saturated rings. The first-order chi connectivity index (χ1) is 16.8. The van der Waals surface area contributed by atoms with Gasteiger partial charge in [0.15, 0.2) is 23.0 Å². The molecule has 35 heavy (non-hydrogen) atoms. The lowest BCUT2D eigenvalue weighted by Crippen LogP contribution is -2.26. The van der Waals surface area contributed by atoms with Crippen LogP contribution in [0, 0.1) is 11.8 Å². The van der Waals surface area contributed by atoms with Gasteiger partial charge in [0.25, 0.3) is 0 Å². The van der Waals surface area contributed by atoms with Crippen LogP contribution in [0.25, 0.3) is 11.1 Å². The lowest BCUT2D eigenvalue weighted by atomic mass is 9.76. The van der Waals surface area contributed by atoms with E-state index in [1.165, 1.54) is 21.3 Å². The largest absolute Gasteiger partial charge is 0.504 e. The third-order valence-electron chi connectivity index (χ3n) is 7.04. The Morgan fingerprint density at radius 2 is 1.77 bits per heavy atom. The number of fused-ring (bicyclic) bond motifs is 4. The fourth-order valence-electron chi connectivity index (χ4n) is 4.79. The minimum Gasteiger partial charge on any atom is -0.504 e. The van der Waals surface area contributed by atoms with Crippen LogP contribution >= 0.6 is 0 Å². The minimum absolute atomic E-state index is 0.0352. The predicted octanol–water partition coefficient (Wildman–Crippen LogP) is 5.19. The first-order valence-electron chi connectivity index (χ1n) is 11.6. The van der Waals surface area contributed by atoms with E-state index in [2.05, 4.69) is 13.8 Å². The standard InChI is InChI=1S/C27H32O8/c1-8-13(2)27(29)35-23-15(4)14(3)9-16-10-18(30-5)24(31-6)22(28)20(16)21-17(23)11-19-25(26(21)32-7)34-12-33-19/h8,10-11,14-15,23,28H,9,12H2,1-7H3/t14-,15-,23+/m1/s1. The van der Waals surface area contributed by atoms with Gasteiger partial charge in [-0.05, 0) is 43.9 Å². The van der Waals surface area contributed by atoms with Crippen molar-refractivity contribution < 1.29 is 38.3 Å². The molecule has 0 unspecified atom stereocenters. The Morgan fingerprint density at radius 1 is 1.06 bits per heavy atom. The molecular formula is C27H32O8. The molecule has 0 saturated carbocycles. The fraction of sp³-hybridized carbons (Fsp3) is 0.444. The predicted molar refractivity (Wildman–Crippen MR) is 130 cm³/mol. The van der Waals surface area contributed by atoms with Gasteiger partial charge >= 0.3 is 5.97 Å². The molecule has 0 amide bonds. The lowest BCUT2D eigenvalue weighted by Gasteiger charge is -2.35. The van der Waals surface area contributed by atoms with Crippen molar-refractivity contribution in [2.75, 3.05) is 28.1 Å². The van der Waals surface area contributed by atoms with E-state index in [1.54, 1.807) is 19.9 Å². The van der Waals surface area contributed by atoms with Gasteiger partial charge in [0.1, 0.15) is 6.10 Å². The van der Waals surface area contributed by atoms with Crippen LogP contribution in [-0.4, -0.2) is 39.2 Å². The van der Waals surface area contributed by atoms with Crippen LogP contribution in [0.1, 0.15) is 44.9 Å². The number of esters is 1. The van der Waals surface area contributed by atoms with Crippen molar-refractivity contribution in [3.8, 4) is 45.6 Å². The Labute approximate surface area is 205 Å². The molecule has 1 aliphatic carbocycles. The zero-order valence-electron chi connectivity index (χ0n) is 21.2. The maximum Gasteiger partial charge on any atom is 0.333 e. The molecule has 3 atom stereocenters. The number of hydrogen-bond acceptors (Lipinski definition) is 8. The lowest BCUT2D eigenvalue weighted by molar-refractivity contribution is -0.148. The van der Waals surface area contributed by atoms with Crippen LogP contribution < -0.4 is 23.7 Å². The highest BCUT2D eigenvalue weighted by atomic mass is 16.7. The number of rotatable bonds is 5. The first-order valence-corrected chi connectivity index (χ1v) is 11.6. The Morgan fingerprint density at radius 3 is 2.40 bits per heavy atom. The van der Waals surface area contributed by atoms with Crippen LogP contribution in [0.15, 0.2) is 23.8 Å². The summed E-state index contributed by atoms with van der Waals surface area (Å²) in [4.78, 5) is 12.9. The third-order valence-corrected chi connectivity index (χ3v) is 7.04. The molecule has 2 aromatic carbocycles. The Balaban J connectivity index is 2.09. The summed E-state index contributed by atoms with van der Waals surface area (Å²) in [6.07, 6.45) is 1.68. The molecule has 8 heteroatoms. The van der Waals surface area contributed by atoms with Crippen molar-refractivity contribution >= 4 is 5.97 Å². The summed E-state index contributed by atoms with van der Waals surface area (Å²) in [7, 11) is 4.54. The molecule has 0 saturated heterocycles. The number of aromatic hydroxyl groups is 1. The highest BCUT2D eigenvalue weighted by molar-refractivity contribution is 5.90. The molecule has 0 radical (unpaired) electrons. The molecule has 8 nitrogen and oxygen atoms in total. The van der Waals surface area contributed by atoms with E-state index in [9.17, 15) is 9.90 Å². The van der Waals surface area contributed by atoms with E-state index in [0.29, 0.717) is 51.7 Å². The Bertz CT molecular complexity index is 1180. The normalized spacial score (nSPS) is 20.8. The number of hydrogen-bond donors (Lipinski definition) is 1. The zero-order chi connectivity index (χ0) is 25.4. The molecule has 1 heterocycles. The van der Waals surface area contributed by atoms with Crippen molar-refractivity contribution in [1.82, 2.24) is 0 Å². The second-order valence-electron chi connectivity index (χ2n) is 8.94. The molecule has 4 rings (SSSR count). The number of phenols is 1. The van der Waals surface area contributed by atoms with Crippen molar-refractivity contribution in [2.24, 2.45) is 11.8 Å². The Kier molecular flexibility index (Phi) is 6.74. The van der Waals surface area contributed by atoms with E-state index < -0.39 is 12.1 Å². The van der Waals surface area contributed by atoms with Crippen molar-refractivity contribution in [1.29, 1.82) is 0 Å². The quantitative estimate of drug-likeness (QED) is 0.458. The number of phenolic OH excluding ortho intramolecular Hbond substituents is 1. The van der Waals surface area contributed by atoms with E-state index >= 15 is 0 Å². The van der Waals surface area contributed by atoms with Crippen LogP contribution in [0.2, 0.25) is 0 Å². The average Bonchev–Trinajstić information content (AvgIpc) is 3.33. The summed E-state index contributed by atoms with van der Waals surface area (Å²) in [5.41, 5.74) is 3.12. The third kappa shape index (κ3) is 4.00. The molecule has 188 valence electrons. The van der Waals surface area contributed by atoms with Crippen molar-refractivity contribution in [2.45, 2.75) is 40.2 Å². The number of allylic oxidation sites excluding steroid dienone is 1. The maximum atomic E-state index is 12.9. The molecule has 1 aliphatic heterocycles. The van der Waals surface area contributed by atoms with Gasteiger partial charge in [0, 0.05) is 28.2 Å². The zero-order valence-corrected chi connectivity index (χ0v) is 21.2. The van der Waals surface area contributed by atoms with E-state index in [0.717, 1.165) is 5.56 Å². The minimum atomic E-state index is -0.633. The number of carbonyl (C=O) groups excluding carboxylic acids is 1. The summed E-state index contributed by atoms with van der Waals surface area (Å²) in [6, 6.07) is 3.69. The van der Waals surface area contributed by atoms with E-state index in [-0.39, 0.29) is 30.1 Å². The summed E-state index contributed by atoms with van der Waals surface area (Å²) in [5.74, 6) is 1.47. The van der Waals surface area contributed by atoms with Gasteiger partial charge in [-0.3, -0.25) is 0 Å². The van der Waals surface area contributed by atoms with Crippen LogP contribution in [0.4, 0.5) is 0 Å². The summed E-state index contributed by atoms with van der Waals surface area (Å²) >= 11 is 0. The van der Waals surface area contributed by atoms with Gasteiger partial charge in [-0.25, -0.2) is 4.79 Å². The van der Waals surface area contributed by atoms with Gasteiger partial charge in [0.2, 0.25) is 18.3 Å². The Hall–Kier alpha value is -3.55. The van der Waals surface area contributed by atoms with Gasteiger partial charge in [-0.1, -0.05) is 19.9 Å². The number of carbonyl (C=O) groups is 1. The fourth-order valence-corrected chi connectivity index (χ4v) is 4.79. The summed E-state index contributed by atoms with van der Waals surface area (Å²) in [6.45, 7) is 7.71. The molecule has 0 aromatic heterocycles. The van der Waals surface area contributed by atoms with Gasteiger partial charge < -0.3 is 33.5 Å². The SMILES string of the molecule is CC=C(C)C(=O)O[C@@H]1c2cc3c(c(OC)c2-c2c(cc(OC)c(OC)c2O)C[C@@H](C)[C@H]1C)OCO3. The maximum absolute atomic E-state index is 12.9. The smallest absolute Gasteiger partial charge is 0.333 e. The highest BCUT2D eigenvalue weighted by Crippen LogP contribution is 2.58. The number of ether oxygens (including phenoxy) is 6. The van der Waals surface area contributed by atoms with E-state index in [4.69, 9.17) is 28.4 Å². The molecule has 0 spiro atoms. The van der Waals surface area contributed by atoms with Crippen LogP contribution in [0.5, 0.6) is 34.5 Å². The molecule has 1 N–H and O–H groups in total. The summed E-state index contributed by atoms with van der Waals surface area (Å²) in [5, 5.41) is 11.5. The van der Waals surface area contributed by atoms with Crippen LogP contribution in [0.3, 0.4) is 0 Å². The van der Waals surface area contributed by atoms with Gasteiger partial charge in [0.05, 0.1) is 21.3 Å². The topological polar surface area (TPSA) is 92.7 Å². The van der Waals surface area contributed by atoms with Crippen molar-refractivity contribution in [3.05, 3.63) is 34.9 Å². The second kappa shape index (κ2) is 9.60. The summed E-state index contributed by atoms with van der Waals surface area (Å²) < 4.78 is 34.4. The molecule has 2 aromatic rings. The highest BCUT2D eigenvalue weighted by Gasteiger charge is 2.39. The number of benzene rings is 2. The van der Waals surface area contributed by atoms with Crippen molar-refractivity contribution in [3.63, 3.8) is 0 Å². The van der Waals surface area contributed by atoms with Gasteiger partial charge in [-0.2, -0.15) is 0 Å². The monoisotopic (exact) mass is 484 g/mol. The van der Waals surface area contributed by atoms with Gasteiger partial charge in [-0.15, -0.1) is 0 Å². The second-order valence-corrected chi connectivity index (χ2v) is 8.94. The van der Waals surface area contributed by atoms with E-state index in [1.807, 2.05) is 12.1 Å². The first kappa shape index (κ1) is 24.6. The van der Waals surface area contributed by atoms with Crippen LogP contribution in [-0.2, 0) is 16.0 Å².